The zero-order valence-corrected chi connectivity index (χ0v) is 12.5. The Kier molecular flexibility index (Phi) is 4.52. The minimum absolute atomic E-state index is 0.218. The van der Waals surface area contributed by atoms with Crippen LogP contribution in [0.5, 0.6) is 5.75 Å². The number of hydrogen-bond acceptors (Lipinski definition) is 3. The molecular formula is C13H13Cl2N3O2. The second-order valence-electron chi connectivity index (χ2n) is 4.07. The van der Waals surface area contributed by atoms with Gasteiger partial charge in [-0.25, -0.2) is 4.98 Å². The van der Waals surface area contributed by atoms with Crippen LogP contribution in [-0.4, -0.2) is 22.6 Å². The van der Waals surface area contributed by atoms with Crippen molar-refractivity contribution in [3.8, 4) is 5.75 Å². The molecule has 7 heteroatoms. The summed E-state index contributed by atoms with van der Waals surface area (Å²) in [4.78, 5) is 16.4. The van der Waals surface area contributed by atoms with E-state index in [0.29, 0.717) is 5.02 Å². The van der Waals surface area contributed by atoms with Crippen molar-refractivity contribution in [3.63, 3.8) is 0 Å². The number of nitrogens with zero attached hydrogens (tertiary/aromatic N) is 2. The summed E-state index contributed by atoms with van der Waals surface area (Å²) in [5.41, 5.74) is 0.218. The Morgan fingerprint density at radius 1 is 1.40 bits per heavy atom. The lowest BCUT2D eigenvalue weighted by Crippen LogP contribution is -2.25. The Morgan fingerprint density at radius 3 is 2.70 bits per heavy atom. The summed E-state index contributed by atoms with van der Waals surface area (Å²) in [6.45, 7) is 0.286. The molecule has 106 valence electrons. The molecule has 0 atom stereocenters. The number of ether oxygens (including phenoxy) is 1. The topological polar surface area (TPSA) is 56.1 Å². The predicted octanol–water partition coefficient (Wildman–Crippen LogP) is 2.67. The maximum absolute atomic E-state index is 12.2. The molecular weight excluding hydrogens is 301 g/mol. The number of methoxy groups -OCH3 is 1. The number of amides is 1. The van der Waals surface area contributed by atoms with Gasteiger partial charge >= 0.3 is 0 Å². The van der Waals surface area contributed by atoms with Crippen LogP contribution in [0.2, 0.25) is 10.0 Å². The SMILES string of the molecule is COc1c(Cl)ccc(Cl)c1C(=O)NCc1nccn1C. The van der Waals surface area contributed by atoms with Crippen molar-refractivity contribution in [3.05, 3.63) is 46.0 Å². The first-order valence-corrected chi connectivity index (χ1v) is 6.56. The zero-order valence-electron chi connectivity index (χ0n) is 11.0. The van der Waals surface area contributed by atoms with Gasteiger partial charge in [0.05, 0.1) is 23.7 Å². The number of imidazole rings is 1. The highest BCUT2D eigenvalue weighted by Gasteiger charge is 2.19. The molecule has 2 aromatic rings. The Bertz CT molecular complexity index is 641. The maximum atomic E-state index is 12.2. The average Bonchev–Trinajstić information content (AvgIpc) is 2.83. The first-order chi connectivity index (χ1) is 9.54. The van der Waals surface area contributed by atoms with Crippen molar-refractivity contribution in [2.45, 2.75) is 6.54 Å². The number of aryl methyl sites for hydroxylation is 1. The fraction of sp³-hybridized carbons (Fsp3) is 0.231. The van der Waals surface area contributed by atoms with E-state index in [1.165, 1.54) is 7.11 Å². The Hall–Kier alpha value is -1.72. The van der Waals surface area contributed by atoms with E-state index in [-0.39, 0.29) is 28.8 Å². The van der Waals surface area contributed by atoms with Gasteiger partial charge < -0.3 is 14.6 Å². The zero-order chi connectivity index (χ0) is 14.7. The van der Waals surface area contributed by atoms with Crippen molar-refractivity contribution in [2.75, 3.05) is 7.11 Å². The summed E-state index contributed by atoms with van der Waals surface area (Å²) in [5, 5.41) is 3.35. The predicted molar refractivity (Wildman–Crippen MR) is 77.4 cm³/mol. The number of rotatable bonds is 4. The molecule has 0 spiro atoms. The highest BCUT2D eigenvalue weighted by atomic mass is 35.5. The lowest BCUT2D eigenvalue weighted by molar-refractivity contribution is 0.0946. The van der Waals surface area contributed by atoms with Gasteiger partial charge in [-0.3, -0.25) is 4.79 Å². The lowest BCUT2D eigenvalue weighted by Gasteiger charge is -2.12. The molecule has 5 nitrogen and oxygen atoms in total. The fourth-order valence-electron chi connectivity index (χ4n) is 1.76. The molecule has 0 unspecified atom stereocenters. The smallest absolute Gasteiger partial charge is 0.257 e. The van der Waals surface area contributed by atoms with Gasteiger partial charge in [0.15, 0.2) is 5.75 Å². The normalized spacial score (nSPS) is 10.4. The maximum Gasteiger partial charge on any atom is 0.257 e. The highest BCUT2D eigenvalue weighted by Crippen LogP contribution is 2.33. The third-order valence-corrected chi connectivity index (χ3v) is 3.43. The number of carbonyl (C=O) groups excluding carboxylic acids is 1. The van der Waals surface area contributed by atoms with Crippen molar-refractivity contribution in [1.82, 2.24) is 14.9 Å². The molecule has 0 aliphatic heterocycles. The third-order valence-electron chi connectivity index (χ3n) is 2.82. The van der Waals surface area contributed by atoms with E-state index >= 15 is 0 Å². The quantitative estimate of drug-likeness (QED) is 0.944. The highest BCUT2D eigenvalue weighted by molar-refractivity contribution is 6.37. The van der Waals surface area contributed by atoms with Gasteiger partial charge in [-0.05, 0) is 12.1 Å². The molecule has 0 radical (unpaired) electrons. The molecule has 0 fully saturated rings. The van der Waals surface area contributed by atoms with Crippen LogP contribution in [0.15, 0.2) is 24.5 Å². The molecule has 1 aromatic heterocycles. The van der Waals surface area contributed by atoms with E-state index < -0.39 is 0 Å². The molecule has 0 saturated heterocycles. The van der Waals surface area contributed by atoms with E-state index in [2.05, 4.69) is 10.3 Å². The van der Waals surface area contributed by atoms with E-state index in [9.17, 15) is 4.79 Å². The van der Waals surface area contributed by atoms with Gasteiger partial charge in [-0.15, -0.1) is 0 Å². The third kappa shape index (κ3) is 2.89. The lowest BCUT2D eigenvalue weighted by atomic mass is 10.2. The summed E-state index contributed by atoms with van der Waals surface area (Å²) in [6, 6.07) is 3.14. The Morgan fingerprint density at radius 2 is 2.10 bits per heavy atom. The molecule has 1 amide bonds. The molecule has 1 N–H and O–H groups in total. The van der Waals surface area contributed by atoms with E-state index in [1.54, 1.807) is 24.5 Å². The minimum atomic E-state index is -0.364. The summed E-state index contributed by atoms with van der Waals surface area (Å²) in [5.74, 6) is 0.629. The molecule has 0 bridgehead atoms. The summed E-state index contributed by atoms with van der Waals surface area (Å²) in [6.07, 6.45) is 3.46. The molecule has 1 aromatic carbocycles. The number of halogens is 2. The molecule has 0 aliphatic rings. The average molecular weight is 314 g/mol. The fourth-order valence-corrected chi connectivity index (χ4v) is 2.23. The van der Waals surface area contributed by atoms with Crippen molar-refractivity contribution in [1.29, 1.82) is 0 Å². The van der Waals surface area contributed by atoms with Gasteiger partial charge in [-0.1, -0.05) is 23.2 Å². The van der Waals surface area contributed by atoms with Crippen LogP contribution in [0.1, 0.15) is 16.2 Å². The number of carbonyl (C=O) groups is 1. The summed E-state index contributed by atoms with van der Waals surface area (Å²) in [7, 11) is 3.29. The van der Waals surface area contributed by atoms with Gasteiger partial charge in [0.25, 0.3) is 5.91 Å². The van der Waals surface area contributed by atoms with E-state index in [4.69, 9.17) is 27.9 Å². The molecule has 0 saturated carbocycles. The van der Waals surface area contributed by atoms with Crippen LogP contribution in [0, 0.1) is 0 Å². The molecule has 2 rings (SSSR count). The second kappa shape index (κ2) is 6.15. The number of nitrogens with one attached hydrogen (secondary N) is 1. The minimum Gasteiger partial charge on any atom is -0.494 e. The van der Waals surface area contributed by atoms with E-state index in [0.717, 1.165) is 5.82 Å². The largest absolute Gasteiger partial charge is 0.494 e. The number of hydrogen-bond donors (Lipinski definition) is 1. The molecule has 0 aliphatic carbocycles. The molecule has 20 heavy (non-hydrogen) atoms. The molecule has 1 heterocycles. The van der Waals surface area contributed by atoms with Crippen molar-refractivity contribution >= 4 is 29.1 Å². The summed E-state index contributed by atoms with van der Waals surface area (Å²) >= 11 is 12.0. The van der Waals surface area contributed by atoms with Crippen molar-refractivity contribution in [2.24, 2.45) is 7.05 Å². The van der Waals surface area contributed by atoms with Crippen LogP contribution in [-0.2, 0) is 13.6 Å². The number of benzene rings is 1. The second-order valence-corrected chi connectivity index (χ2v) is 4.89. The first-order valence-electron chi connectivity index (χ1n) is 5.81. The van der Waals surface area contributed by atoms with Crippen LogP contribution in [0.3, 0.4) is 0 Å². The number of aromatic nitrogens is 2. The van der Waals surface area contributed by atoms with Gasteiger partial charge in [0.1, 0.15) is 11.4 Å². The Balaban J connectivity index is 2.21. The van der Waals surface area contributed by atoms with Gasteiger partial charge in [-0.2, -0.15) is 0 Å². The standard InChI is InChI=1S/C13H13Cl2N3O2/c1-18-6-5-16-10(18)7-17-13(19)11-8(14)3-4-9(15)12(11)20-2/h3-6H,7H2,1-2H3,(H,17,19). The first kappa shape index (κ1) is 14.7. The summed E-state index contributed by atoms with van der Waals surface area (Å²) < 4.78 is 6.96. The van der Waals surface area contributed by atoms with Crippen LogP contribution in [0.25, 0.3) is 0 Å². The van der Waals surface area contributed by atoms with Gasteiger partial charge in [0.2, 0.25) is 0 Å². The monoisotopic (exact) mass is 313 g/mol. The van der Waals surface area contributed by atoms with Crippen LogP contribution in [0.4, 0.5) is 0 Å². The van der Waals surface area contributed by atoms with Crippen molar-refractivity contribution < 1.29 is 9.53 Å². The van der Waals surface area contributed by atoms with Crippen LogP contribution < -0.4 is 10.1 Å². The van der Waals surface area contributed by atoms with Crippen LogP contribution >= 0.6 is 23.2 Å². The Labute approximate surface area is 126 Å². The van der Waals surface area contributed by atoms with E-state index in [1.807, 2.05) is 11.6 Å². The van der Waals surface area contributed by atoms with Gasteiger partial charge in [0, 0.05) is 19.4 Å².